The van der Waals surface area contributed by atoms with Crippen LogP contribution in [0.15, 0.2) is 0 Å². The minimum atomic E-state index is -4.59. The van der Waals surface area contributed by atoms with Crippen LogP contribution in [0.1, 0.15) is 6.42 Å². The molecule has 93 valence electrons. The Morgan fingerprint density at radius 3 is 1.94 bits per heavy atom. The van der Waals surface area contributed by atoms with Crippen molar-refractivity contribution in [1.82, 2.24) is 5.32 Å². The van der Waals surface area contributed by atoms with Gasteiger partial charge in [-0.15, -0.1) is 0 Å². The number of carboxylic acids is 2. The van der Waals surface area contributed by atoms with Crippen molar-refractivity contribution >= 4 is 55.0 Å². The Morgan fingerprint density at radius 2 is 1.65 bits per heavy atom. The van der Waals surface area contributed by atoms with Crippen LogP contribution in [0.5, 0.6) is 0 Å². The van der Waals surface area contributed by atoms with E-state index in [1.54, 1.807) is 5.32 Å². The molecule has 0 aromatic rings. The first-order chi connectivity index (χ1) is 7.11. The number of carbonyl (C=O) groups is 3. The van der Waals surface area contributed by atoms with Gasteiger partial charge in [0.05, 0.1) is 6.42 Å². The van der Waals surface area contributed by atoms with E-state index < -0.39 is 44.1 Å². The number of carbonyl (C=O) groups excluding carboxylic acids is 1. The van der Waals surface area contributed by atoms with E-state index in [1.807, 2.05) is 0 Å². The Labute approximate surface area is 118 Å². The van der Waals surface area contributed by atoms with Gasteiger partial charge in [0, 0.05) is 29.6 Å². The van der Waals surface area contributed by atoms with Crippen LogP contribution in [0.2, 0.25) is 0 Å². The van der Waals surface area contributed by atoms with Crippen molar-refractivity contribution in [3.05, 3.63) is 0 Å². The number of hydrogen-bond acceptors (Lipinski definition) is 4. The number of aliphatic carboxylic acids is 2. The van der Waals surface area contributed by atoms with Crippen molar-refractivity contribution in [2.75, 3.05) is 6.16 Å². The van der Waals surface area contributed by atoms with Crippen molar-refractivity contribution in [1.29, 1.82) is 0 Å². The molecule has 0 unspecified atom stereocenters. The minimum absolute atomic E-state index is 0. The van der Waals surface area contributed by atoms with Crippen LogP contribution in [0.4, 0.5) is 0 Å². The molecule has 0 spiro atoms. The average molecular weight is 278 g/mol. The number of amides is 1. The van der Waals surface area contributed by atoms with Crippen LogP contribution < -0.4 is 5.32 Å². The maximum absolute atomic E-state index is 10.9. The SMILES string of the molecule is O=C(O)C[C@@H](NC(=O)CP(=O)(O)O)C(=O)O.[Na]. The zero-order valence-corrected chi connectivity index (χ0v) is 11.8. The van der Waals surface area contributed by atoms with Crippen LogP contribution in [0.3, 0.4) is 0 Å². The molecular weight excluding hydrogens is 268 g/mol. The second kappa shape index (κ2) is 7.80. The van der Waals surface area contributed by atoms with E-state index in [-0.39, 0.29) is 29.6 Å². The standard InChI is InChI=1S/C6H10NO8P.Na/c8-4(2-16(13,14)15)7-3(6(11)12)1-5(9)10;/h3H,1-2H2,(H,7,8)(H,9,10)(H,11,12)(H2,13,14,15);/t3-;/m1./s1. The quantitative estimate of drug-likeness (QED) is 0.271. The molecule has 9 nitrogen and oxygen atoms in total. The van der Waals surface area contributed by atoms with Crippen molar-refractivity contribution in [2.45, 2.75) is 12.5 Å². The number of carboxylic acid groups (broad SMARTS) is 2. The molecule has 17 heavy (non-hydrogen) atoms. The van der Waals surface area contributed by atoms with Gasteiger partial charge in [-0.05, 0) is 0 Å². The number of hydrogen-bond donors (Lipinski definition) is 5. The molecule has 1 atom stereocenters. The first kappa shape index (κ1) is 18.9. The zero-order chi connectivity index (χ0) is 12.9. The molecule has 0 aliphatic heterocycles. The van der Waals surface area contributed by atoms with Crippen molar-refractivity contribution < 1.29 is 38.9 Å². The predicted molar refractivity (Wildman–Crippen MR) is 54.5 cm³/mol. The van der Waals surface area contributed by atoms with E-state index >= 15 is 0 Å². The predicted octanol–water partition coefficient (Wildman–Crippen LogP) is -2.17. The molecule has 0 saturated heterocycles. The molecular formula is C6H10NNaO8P. The first-order valence-corrected chi connectivity index (χ1v) is 5.70. The van der Waals surface area contributed by atoms with Crippen LogP contribution in [-0.2, 0) is 18.9 Å². The monoisotopic (exact) mass is 278 g/mol. The molecule has 0 aromatic heterocycles. The zero-order valence-electron chi connectivity index (χ0n) is 8.86. The Kier molecular flexibility index (Phi) is 8.68. The summed E-state index contributed by atoms with van der Waals surface area (Å²) >= 11 is 0. The fourth-order valence-electron chi connectivity index (χ4n) is 0.802. The normalized spacial score (nSPS) is 12.1. The second-order valence-electron chi connectivity index (χ2n) is 2.88. The smallest absolute Gasteiger partial charge is 0.334 e. The molecule has 0 aliphatic rings. The minimum Gasteiger partial charge on any atom is -0.481 e. The molecule has 11 heteroatoms. The Morgan fingerprint density at radius 1 is 1.18 bits per heavy atom. The van der Waals surface area contributed by atoms with E-state index in [1.165, 1.54) is 0 Å². The summed E-state index contributed by atoms with van der Waals surface area (Å²) in [6.45, 7) is 0. The van der Waals surface area contributed by atoms with Crippen molar-refractivity contribution in [2.24, 2.45) is 0 Å². The van der Waals surface area contributed by atoms with Crippen LogP contribution in [-0.4, -0.2) is 79.6 Å². The van der Waals surface area contributed by atoms with Crippen molar-refractivity contribution in [3.63, 3.8) is 0 Å². The topological polar surface area (TPSA) is 161 Å². The molecule has 1 radical (unpaired) electrons. The Balaban J connectivity index is 0. The fourth-order valence-corrected chi connectivity index (χ4v) is 1.27. The molecule has 0 rings (SSSR count). The third-order valence-corrected chi connectivity index (χ3v) is 2.06. The van der Waals surface area contributed by atoms with Crippen LogP contribution >= 0.6 is 7.60 Å². The third kappa shape index (κ3) is 10.4. The van der Waals surface area contributed by atoms with Crippen molar-refractivity contribution in [3.8, 4) is 0 Å². The largest absolute Gasteiger partial charge is 0.481 e. The van der Waals surface area contributed by atoms with Gasteiger partial charge < -0.3 is 25.3 Å². The van der Waals surface area contributed by atoms with Gasteiger partial charge >= 0.3 is 19.5 Å². The summed E-state index contributed by atoms with van der Waals surface area (Å²) in [4.78, 5) is 48.4. The molecule has 0 fully saturated rings. The van der Waals surface area contributed by atoms with Crippen LogP contribution in [0.25, 0.3) is 0 Å². The Hall–Kier alpha value is -0.440. The maximum Gasteiger partial charge on any atom is 0.334 e. The van der Waals surface area contributed by atoms with Gasteiger partial charge in [-0.2, -0.15) is 0 Å². The molecule has 0 bridgehead atoms. The van der Waals surface area contributed by atoms with Gasteiger partial charge in [0.15, 0.2) is 0 Å². The second-order valence-corrected chi connectivity index (χ2v) is 4.52. The molecule has 0 aromatic carbocycles. The maximum atomic E-state index is 10.9. The van der Waals surface area contributed by atoms with E-state index in [2.05, 4.69) is 0 Å². The fraction of sp³-hybridized carbons (Fsp3) is 0.500. The van der Waals surface area contributed by atoms with E-state index in [4.69, 9.17) is 20.0 Å². The number of nitrogens with one attached hydrogen (secondary N) is 1. The van der Waals surface area contributed by atoms with Gasteiger partial charge in [0.1, 0.15) is 12.2 Å². The molecule has 0 aliphatic carbocycles. The molecule has 0 saturated carbocycles. The molecule has 0 heterocycles. The summed E-state index contributed by atoms with van der Waals surface area (Å²) in [6.07, 6.45) is -2.06. The first-order valence-electron chi connectivity index (χ1n) is 3.90. The molecule has 5 N–H and O–H groups in total. The summed E-state index contributed by atoms with van der Waals surface area (Å²) in [7, 11) is -4.59. The summed E-state index contributed by atoms with van der Waals surface area (Å²) in [5.41, 5.74) is 0. The summed E-state index contributed by atoms with van der Waals surface area (Å²) in [6, 6.07) is -1.71. The van der Waals surface area contributed by atoms with Crippen LogP contribution in [0, 0.1) is 0 Å². The van der Waals surface area contributed by atoms with E-state index in [0.29, 0.717) is 0 Å². The number of rotatable bonds is 6. The summed E-state index contributed by atoms with van der Waals surface area (Å²) in [5, 5.41) is 18.5. The van der Waals surface area contributed by atoms with Gasteiger partial charge in [0.25, 0.3) is 0 Å². The third-order valence-electron chi connectivity index (χ3n) is 1.36. The van der Waals surface area contributed by atoms with E-state index in [9.17, 15) is 18.9 Å². The van der Waals surface area contributed by atoms with Gasteiger partial charge in [0.2, 0.25) is 5.91 Å². The Bertz CT molecular complexity index is 352. The molecule has 1 amide bonds. The average Bonchev–Trinajstić information content (AvgIpc) is 1.97. The van der Waals surface area contributed by atoms with Gasteiger partial charge in [-0.25, -0.2) is 4.79 Å². The summed E-state index contributed by atoms with van der Waals surface area (Å²) in [5.74, 6) is -4.27. The summed E-state index contributed by atoms with van der Waals surface area (Å²) < 4.78 is 10.4. The van der Waals surface area contributed by atoms with Gasteiger partial charge in [-0.1, -0.05) is 0 Å². The van der Waals surface area contributed by atoms with Gasteiger partial charge in [-0.3, -0.25) is 14.2 Å². The van der Waals surface area contributed by atoms with E-state index in [0.717, 1.165) is 0 Å².